The highest BCUT2D eigenvalue weighted by molar-refractivity contribution is 9.10. The van der Waals surface area contributed by atoms with Gasteiger partial charge >= 0.3 is 0 Å². The molecule has 0 N–H and O–H groups in total. The molecule has 1 heterocycles. The minimum absolute atomic E-state index is 0.595. The van der Waals surface area contributed by atoms with E-state index in [1.54, 1.807) is 0 Å². The Morgan fingerprint density at radius 2 is 2.24 bits per heavy atom. The van der Waals surface area contributed by atoms with Crippen LogP contribution in [0, 0.1) is 6.92 Å². The molecule has 0 atom stereocenters. The fourth-order valence-electron chi connectivity index (χ4n) is 1.39. The van der Waals surface area contributed by atoms with Crippen molar-refractivity contribution in [1.29, 1.82) is 0 Å². The van der Waals surface area contributed by atoms with E-state index in [0.29, 0.717) is 5.19 Å². The first-order valence-electron chi connectivity index (χ1n) is 5.45. The number of aryl methyl sites for hydroxylation is 2. The number of halogens is 1. The van der Waals surface area contributed by atoms with E-state index in [1.807, 2.05) is 25.1 Å². The zero-order valence-electron chi connectivity index (χ0n) is 9.74. The molecule has 2 aromatic rings. The summed E-state index contributed by atoms with van der Waals surface area (Å²) in [7, 11) is 0. The molecule has 90 valence electrons. The second-order valence-corrected chi connectivity index (χ2v) is 5.33. The molecule has 5 heteroatoms. The molecule has 17 heavy (non-hydrogen) atoms. The molecule has 0 unspecified atom stereocenters. The van der Waals surface area contributed by atoms with Crippen molar-refractivity contribution in [2.75, 3.05) is 0 Å². The van der Waals surface area contributed by atoms with Crippen LogP contribution in [0.3, 0.4) is 0 Å². The van der Waals surface area contributed by atoms with Crippen molar-refractivity contribution >= 4 is 27.5 Å². The number of ether oxygens (including phenoxy) is 1. The fraction of sp³-hybridized carbons (Fsp3) is 0.333. The SMILES string of the molecule is CCCc1nsc(Oc2ccc(C)cc2Br)n1. The predicted molar refractivity (Wildman–Crippen MR) is 72.9 cm³/mol. The lowest BCUT2D eigenvalue weighted by Crippen LogP contribution is -1.88. The van der Waals surface area contributed by atoms with Gasteiger partial charge in [0, 0.05) is 18.0 Å². The summed E-state index contributed by atoms with van der Waals surface area (Å²) in [6, 6.07) is 5.96. The Balaban J connectivity index is 2.13. The molecule has 1 aromatic carbocycles. The third-order valence-electron chi connectivity index (χ3n) is 2.21. The van der Waals surface area contributed by atoms with E-state index in [-0.39, 0.29) is 0 Å². The maximum Gasteiger partial charge on any atom is 0.298 e. The van der Waals surface area contributed by atoms with Gasteiger partial charge in [0.15, 0.2) is 0 Å². The molecule has 0 saturated carbocycles. The molecule has 0 amide bonds. The van der Waals surface area contributed by atoms with E-state index >= 15 is 0 Å². The van der Waals surface area contributed by atoms with E-state index in [0.717, 1.165) is 28.9 Å². The molecule has 0 aliphatic rings. The monoisotopic (exact) mass is 312 g/mol. The molecular formula is C12H13BrN2OS. The van der Waals surface area contributed by atoms with Crippen molar-refractivity contribution in [3.63, 3.8) is 0 Å². The van der Waals surface area contributed by atoms with Gasteiger partial charge in [-0.05, 0) is 47.0 Å². The predicted octanol–water partition coefficient (Wildman–Crippen LogP) is 4.35. The second kappa shape index (κ2) is 5.60. The van der Waals surface area contributed by atoms with Crippen LogP contribution in [0.15, 0.2) is 22.7 Å². The summed E-state index contributed by atoms with van der Waals surface area (Å²) in [5.74, 6) is 1.63. The maximum absolute atomic E-state index is 5.69. The lowest BCUT2D eigenvalue weighted by atomic mass is 10.2. The zero-order valence-corrected chi connectivity index (χ0v) is 12.1. The molecule has 0 radical (unpaired) electrons. The van der Waals surface area contributed by atoms with Gasteiger partial charge in [-0.2, -0.15) is 9.36 Å². The van der Waals surface area contributed by atoms with Crippen molar-refractivity contribution in [3.05, 3.63) is 34.1 Å². The van der Waals surface area contributed by atoms with E-state index in [9.17, 15) is 0 Å². The number of hydrogen-bond donors (Lipinski definition) is 0. The maximum atomic E-state index is 5.69. The van der Waals surface area contributed by atoms with Crippen LogP contribution < -0.4 is 4.74 Å². The summed E-state index contributed by atoms with van der Waals surface area (Å²) in [4.78, 5) is 4.32. The Morgan fingerprint density at radius 3 is 2.94 bits per heavy atom. The number of nitrogens with zero attached hydrogens (tertiary/aromatic N) is 2. The number of benzene rings is 1. The summed E-state index contributed by atoms with van der Waals surface area (Å²) in [6.07, 6.45) is 1.94. The molecule has 0 fully saturated rings. The molecule has 1 aromatic heterocycles. The molecule has 0 saturated heterocycles. The van der Waals surface area contributed by atoms with Gasteiger partial charge in [-0.3, -0.25) is 0 Å². The van der Waals surface area contributed by atoms with Crippen LogP contribution in [0.2, 0.25) is 0 Å². The highest BCUT2D eigenvalue weighted by atomic mass is 79.9. The van der Waals surface area contributed by atoms with Gasteiger partial charge in [0.1, 0.15) is 11.6 Å². The molecular weight excluding hydrogens is 300 g/mol. The van der Waals surface area contributed by atoms with Gasteiger partial charge in [-0.25, -0.2) is 0 Å². The average molecular weight is 313 g/mol. The first-order valence-corrected chi connectivity index (χ1v) is 7.02. The molecule has 0 aliphatic heterocycles. The van der Waals surface area contributed by atoms with E-state index < -0.39 is 0 Å². The Bertz CT molecular complexity index is 513. The van der Waals surface area contributed by atoms with Crippen LogP contribution in [0.5, 0.6) is 10.9 Å². The molecule has 0 bridgehead atoms. The third-order valence-corrected chi connectivity index (χ3v) is 3.46. The van der Waals surface area contributed by atoms with Gasteiger partial charge < -0.3 is 4.74 Å². The van der Waals surface area contributed by atoms with Gasteiger partial charge in [-0.15, -0.1) is 0 Å². The largest absolute Gasteiger partial charge is 0.429 e. The normalized spacial score (nSPS) is 10.5. The third kappa shape index (κ3) is 3.26. The van der Waals surface area contributed by atoms with Crippen LogP contribution in [0.1, 0.15) is 24.7 Å². The van der Waals surface area contributed by atoms with Crippen molar-refractivity contribution < 1.29 is 4.74 Å². The van der Waals surface area contributed by atoms with E-state index in [4.69, 9.17) is 4.74 Å². The lowest BCUT2D eigenvalue weighted by molar-refractivity contribution is 0.474. The lowest BCUT2D eigenvalue weighted by Gasteiger charge is -2.04. The van der Waals surface area contributed by atoms with Gasteiger partial charge in [0.25, 0.3) is 5.19 Å². The van der Waals surface area contributed by atoms with Crippen molar-refractivity contribution in [3.8, 4) is 10.9 Å². The topological polar surface area (TPSA) is 35.0 Å². The van der Waals surface area contributed by atoms with Crippen LogP contribution in [-0.2, 0) is 6.42 Å². The summed E-state index contributed by atoms with van der Waals surface area (Å²) < 4.78 is 10.9. The molecule has 0 spiro atoms. The van der Waals surface area contributed by atoms with Gasteiger partial charge in [0.05, 0.1) is 4.47 Å². The van der Waals surface area contributed by atoms with Crippen molar-refractivity contribution in [2.24, 2.45) is 0 Å². The van der Waals surface area contributed by atoms with Crippen LogP contribution in [0.25, 0.3) is 0 Å². The highest BCUT2D eigenvalue weighted by Gasteiger charge is 2.08. The van der Waals surface area contributed by atoms with E-state index in [2.05, 4.69) is 32.2 Å². The average Bonchev–Trinajstić information content (AvgIpc) is 2.71. The molecule has 0 aliphatic carbocycles. The van der Waals surface area contributed by atoms with Crippen LogP contribution in [0.4, 0.5) is 0 Å². The first-order chi connectivity index (χ1) is 8.19. The minimum atomic E-state index is 0.595. The molecule has 3 nitrogen and oxygen atoms in total. The Kier molecular flexibility index (Phi) is 4.12. The van der Waals surface area contributed by atoms with E-state index in [1.165, 1.54) is 17.1 Å². The standard InChI is InChI=1S/C12H13BrN2OS/c1-3-4-11-14-12(17-15-11)16-10-6-5-8(2)7-9(10)13/h5-7H,3-4H2,1-2H3. The van der Waals surface area contributed by atoms with Crippen LogP contribution >= 0.6 is 27.5 Å². The van der Waals surface area contributed by atoms with Crippen molar-refractivity contribution in [1.82, 2.24) is 9.36 Å². The summed E-state index contributed by atoms with van der Waals surface area (Å²) >= 11 is 4.77. The number of hydrogen-bond acceptors (Lipinski definition) is 4. The van der Waals surface area contributed by atoms with Gasteiger partial charge in [0.2, 0.25) is 0 Å². The second-order valence-electron chi connectivity index (χ2n) is 3.76. The first kappa shape index (κ1) is 12.5. The number of rotatable bonds is 4. The summed E-state index contributed by atoms with van der Waals surface area (Å²) in [5.41, 5.74) is 1.19. The Morgan fingerprint density at radius 1 is 1.41 bits per heavy atom. The fourth-order valence-corrected chi connectivity index (χ4v) is 2.55. The Hall–Kier alpha value is -0.940. The number of aromatic nitrogens is 2. The summed E-state index contributed by atoms with van der Waals surface area (Å²) in [5, 5.41) is 0.595. The Labute approximate surface area is 113 Å². The highest BCUT2D eigenvalue weighted by Crippen LogP contribution is 2.31. The molecule has 2 rings (SSSR count). The smallest absolute Gasteiger partial charge is 0.298 e. The summed E-state index contributed by atoms with van der Waals surface area (Å²) in [6.45, 7) is 4.15. The zero-order chi connectivity index (χ0) is 12.3. The van der Waals surface area contributed by atoms with Crippen LogP contribution in [-0.4, -0.2) is 9.36 Å². The van der Waals surface area contributed by atoms with Gasteiger partial charge in [-0.1, -0.05) is 13.0 Å². The van der Waals surface area contributed by atoms with Crippen molar-refractivity contribution in [2.45, 2.75) is 26.7 Å². The quantitative estimate of drug-likeness (QED) is 0.841. The minimum Gasteiger partial charge on any atom is -0.429 e.